The van der Waals surface area contributed by atoms with E-state index < -0.39 is 0 Å². The summed E-state index contributed by atoms with van der Waals surface area (Å²) in [5, 5.41) is 0.932. The van der Waals surface area contributed by atoms with Crippen LogP contribution in [0.4, 0.5) is 4.79 Å². The van der Waals surface area contributed by atoms with Crippen LogP contribution in [-0.4, -0.2) is 60.1 Å². The molecule has 6 nitrogen and oxygen atoms in total. The topological polar surface area (TPSA) is 65.6 Å². The average Bonchev–Trinajstić information content (AvgIpc) is 2.82. The Morgan fingerprint density at radius 1 is 1.09 bits per heavy atom. The number of methoxy groups -OCH3 is 1. The molecule has 1 aliphatic heterocycles. The Balaban J connectivity index is 1.76. The number of benzene rings is 1. The van der Waals surface area contributed by atoms with Crippen LogP contribution in [0.5, 0.6) is 0 Å². The van der Waals surface area contributed by atoms with Crippen molar-refractivity contribution < 1.29 is 14.3 Å². The minimum Gasteiger partial charge on any atom is -0.453 e. The normalized spacial score (nSPS) is 15.7. The molecule has 6 heteroatoms. The molecule has 0 bridgehead atoms. The largest absolute Gasteiger partial charge is 0.453 e. The molecule has 0 spiro atoms. The Labute approximate surface area is 128 Å². The van der Waals surface area contributed by atoms with E-state index in [-0.39, 0.29) is 12.0 Å². The van der Waals surface area contributed by atoms with Crippen molar-refractivity contribution in [2.45, 2.75) is 6.42 Å². The molecule has 1 fully saturated rings. The number of para-hydroxylation sites is 1. The Morgan fingerprint density at radius 2 is 1.82 bits per heavy atom. The highest BCUT2D eigenvalue weighted by molar-refractivity contribution is 6.06. The van der Waals surface area contributed by atoms with Crippen molar-refractivity contribution >= 4 is 22.9 Å². The van der Waals surface area contributed by atoms with Crippen molar-refractivity contribution in [3.8, 4) is 0 Å². The summed E-state index contributed by atoms with van der Waals surface area (Å²) < 4.78 is 4.75. The Morgan fingerprint density at radius 3 is 2.64 bits per heavy atom. The van der Waals surface area contributed by atoms with E-state index in [1.54, 1.807) is 16.0 Å². The summed E-state index contributed by atoms with van der Waals surface area (Å²) in [7, 11) is 1.38. The molecule has 1 aliphatic rings. The van der Waals surface area contributed by atoms with Crippen LogP contribution in [0.2, 0.25) is 0 Å². The second-order valence-electron chi connectivity index (χ2n) is 5.35. The monoisotopic (exact) mass is 301 g/mol. The Bertz CT molecular complexity index is 695. The number of carbonyl (C=O) groups excluding carboxylic acids is 2. The number of H-pyrrole nitrogens is 1. The predicted octanol–water partition coefficient (Wildman–Crippen LogP) is 2.08. The van der Waals surface area contributed by atoms with Crippen molar-refractivity contribution in [2.24, 2.45) is 0 Å². The van der Waals surface area contributed by atoms with Crippen molar-refractivity contribution in [1.82, 2.24) is 14.8 Å². The third kappa shape index (κ3) is 2.64. The van der Waals surface area contributed by atoms with E-state index in [1.165, 1.54) is 7.11 Å². The molecule has 2 aromatic rings. The van der Waals surface area contributed by atoms with Gasteiger partial charge in [-0.1, -0.05) is 18.2 Å². The Hall–Kier alpha value is -2.50. The molecular weight excluding hydrogens is 282 g/mol. The zero-order valence-corrected chi connectivity index (χ0v) is 12.5. The number of aromatic amines is 1. The molecular formula is C16H19N3O3. The van der Waals surface area contributed by atoms with Gasteiger partial charge in [0.25, 0.3) is 5.91 Å². The lowest BCUT2D eigenvalue weighted by Crippen LogP contribution is -2.37. The molecule has 1 saturated heterocycles. The van der Waals surface area contributed by atoms with Crippen LogP contribution in [0.15, 0.2) is 30.5 Å². The van der Waals surface area contributed by atoms with Crippen molar-refractivity contribution in [1.29, 1.82) is 0 Å². The fourth-order valence-electron chi connectivity index (χ4n) is 2.85. The first-order valence-electron chi connectivity index (χ1n) is 7.39. The molecule has 0 aliphatic carbocycles. The molecule has 3 rings (SSSR count). The maximum absolute atomic E-state index is 12.7. The zero-order chi connectivity index (χ0) is 15.5. The predicted molar refractivity (Wildman–Crippen MR) is 82.8 cm³/mol. The Kier molecular flexibility index (Phi) is 4.00. The second kappa shape index (κ2) is 6.09. The quantitative estimate of drug-likeness (QED) is 0.877. The highest BCUT2D eigenvalue weighted by Gasteiger charge is 2.24. The summed E-state index contributed by atoms with van der Waals surface area (Å²) in [5.74, 6) is 0.00386. The van der Waals surface area contributed by atoms with Crippen LogP contribution >= 0.6 is 0 Å². The minimum atomic E-state index is -0.332. The van der Waals surface area contributed by atoms with Gasteiger partial charge in [0.05, 0.1) is 12.7 Å². The highest BCUT2D eigenvalue weighted by Crippen LogP contribution is 2.20. The first kappa shape index (κ1) is 14.4. The van der Waals surface area contributed by atoms with Gasteiger partial charge in [-0.15, -0.1) is 0 Å². The van der Waals surface area contributed by atoms with Crippen LogP contribution in [0.25, 0.3) is 10.9 Å². The smallest absolute Gasteiger partial charge is 0.409 e. The van der Waals surface area contributed by atoms with E-state index in [9.17, 15) is 9.59 Å². The van der Waals surface area contributed by atoms with Gasteiger partial charge in [0, 0.05) is 43.3 Å². The summed E-state index contributed by atoms with van der Waals surface area (Å²) in [6.45, 7) is 2.28. The van der Waals surface area contributed by atoms with Crippen LogP contribution in [0, 0.1) is 0 Å². The van der Waals surface area contributed by atoms with Gasteiger partial charge in [-0.25, -0.2) is 4.79 Å². The third-order valence-corrected chi connectivity index (χ3v) is 4.04. The summed E-state index contributed by atoms with van der Waals surface area (Å²) in [6.07, 6.45) is 2.18. The van der Waals surface area contributed by atoms with Crippen molar-refractivity contribution in [3.05, 3.63) is 36.0 Å². The fourth-order valence-corrected chi connectivity index (χ4v) is 2.85. The lowest BCUT2D eigenvalue weighted by atomic mass is 10.1. The summed E-state index contributed by atoms with van der Waals surface area (Å²) >= 11 is 0. The number of ether oxygens (including phenoxy) is 1. The number of amides is 2. The number of carbonyl (C=O) groups is 2. The average molecular weight is 301 g/mol. The van der Waals surface area contributed by atoms with Crippen LogP contribution in [0.3, 0.4) is 0 Å². The second-order valence-corrected chi connectivity index (χ2v) is 5.35. The molecule has 1 aromatic heterocycles. The van der Waals surface area contributed by atoms with E-state index in [1.807, 2.05) is 24.3 Å². The third-order valence-electron chi connectivity index (χ3n) is 4.04. The number of rotatable bonds is 1. The SMILES string of the molecule is COC(=O)N1CCCN(C(=O)c2c[nH]c3ccccc23)CC1. The summed E-state index contributed by atoms with van der Waals surface area (Å²) in [4.78, 5) is 30.9. The van der Waals surface area contributed by atoms with Gasteiger partial charge in [0.1, 0.15) is 0 Å². The van der Waals surface area contributed by atoms with E-state index in [2.05, 4.69) is 4.98 Å². The van der Waals surface area contributed by atoms with Crippen LogP contribution in [-0.2, 0) is 4.74 Å². The van der Waals surface area contributed by atoms with Gasteiger partial charge in [-0.2, -0.15) is 0 Å². The number of nitrogens with zero attached hydrogens (tertiary/aromatic N) is 2. The first-order valence-corrected chi connectivity index (χ1v) is 7.39. The number of hydrogen-bond acceptors (Lipinski definition) is 3. The van der Waals surface area contributed by atoms with Gasteiger partial charge in [0.2, 0.25) is 0 Å². The molecule has 116 valence electrons. The van der Waals surface area contributed by atoms with Gasteiger partial charge < -0.3 is 19.5 Å². The standard InChI is InChI=1S/C16H19N3O3/c1-22-16(21)19-8-4-7-18(9-10-19)15(20)13-11-17-14-6-3-2-5-12(13)14/h2-3,5-6,11,17H,4,7-10H2,1H3. The molecule has 22 heavy (non-hydrogen) atoms. The number of nitrogens with one attached hydrogen (secondary N) is 1. The molecule has 2 heterocycles. The maximum atomic E-state index is 12.7. The molecule has 0 radical (unpaired) electrons. The number of fused-ring (bicyclic) bond motifs is 1. The maximum Gasteiger partial charge on any atom is 0.409 e. The number of hydrogen-bond donors (Lipinski definition) is 1. The van der Waals surface area contributed by atoms with Gasteiger partial charge in [-0.05, 0) is 12.5 Å². The zero-order valence-electron chi connectivity index (χ0n) is 12.5. The van der Waals surface area contributed by atoms with Crippen LogP contribution < -0.4 is 0 Å². The van der Waals surface area contributed by atoms with Gasteiger partial charge >= 0.3 is 6.09 Å². The van der Waals surface area contributed by atoms with E-state index >= 15 is 0 Å². The van der Waals surface area contributed by atoms with E-state index in [0.717, 1.165) is 17.3 Å². The van der Waals surface area contributed by atoms with E-state index in [0.29, 0.717) is 31.7 Å². The summed E-state index contributed by atoms with van der Waals surface area (Å²) in [5.41, 5.74) is 1.64. The van der Waals surface area contributed by atoms with Crippen LogP contribution in [0.1, 0.15) is 16.8 Å². The molecule has 0 atom stereocenters. The lowest BCUT2D eigenvalue weighted by molar-refractivity contribution is 0.0759. The first-order chi connectivity index (χ1) is 10.7. The summed E-state index contributed by atoms with van der Waals surface area (Å²) in [6, 6.07) is 7.76. The molecule has 0 unspecified atom stereocenters. The molecule has 1 aromatic carbocycles. The van der Waals surface area contributed by atoms with Gasteiger partial charge in [0.15, 0.2) is 0 Å². The van der Waals surface area contributed by atoms with Gasteiger partial charge in [-0.3, -0.25) is 4.79 Å². The van der Waals surface area contributed by atoms with E-state index in [4.69, 9.17) is 4.74 Å². The van der Waals surface area contributed by atoms with Crippen molar-refractivity contribution in [2.75, 3.05) is 33.3 Å². The fraction of sp³-hybridized carbons (Fsp3) is 0.375. The molecule has 2 amide bonds. The lowest BCUT2D eigenvalue weighted by Gasteiger charge is -2.21. The molecule has 0 saturated carbocycles. The minimum absolute atomic E-state index is 0.00386. The number of aromatic nitrogens is 1. The highest BCUT2D eigenvalue weighted by atomic mass is 16.5. The van der Waals surface area contributed by atoms with Crippen molar-refractivity contribution in [3.63, 3.8) is 0 Å². The molecule has 1 N–H and O–H groups in total.